The highest BCUT2D eigenvalue weighted by Gasteiger charge is 2.34. The van der Waals surface area contributed by atoms with Gasteiger partial charge in [-0.3, -0.25) is 9.10 Å². The largest absolute Gasteiger partial charge is 0.493 e. The number of fused-ring (bicyclic) bond motifs is 1. The topological polar surface area (TPSA) is 103 Å². The average molecular weight is 436 g/mol. The second-order valence-electron chi connectivity index (χ2n) is 6.58. The van der Waals surface area contributed by atoms with Crippen LogP contribution in [-0.4, -0.2) is 54.6 Å². The summed E-state index contributed by atoms with van der Waals surface area (Å²) in [6.07, 6.45) is 0.0965. The van der Waals surface area contributed by atoms with Crippen LogP contribution < -0.4 is 28.6 Å². The number of ether oxygens (including phenoxy) is 4. The van der Waals surface area contributed by atoms with Gasteiger partial charge in [0.15, 0.2) is 17.6 Å². The van der Waals surface area contributed by atoms with Crippen LogP contribution in [-0.2, 0) is 21.4 Å². The normalized spacial score (nSPS) is 15.6. The van der Waals surface area contributed by atoms with E-state index in [9.17, 15) is 13.2 Å². The van der Waals surface area contributed by atoms with Crippen molar-refractivity contribution in [3.8, 4) is 23.0 Å². The monoisotopic (exact) mass is 436 g/mol. The van der Waals surface area contributed by atoms with E-state index in [1.807, 2.05) is 0 Å². The quantitative estimate of drug-likeness (QED) is 0.702. The Labute approximate surface area is 175 Å². The van der Waals surface area contributed by atoms with E-state index in [1.54, 1.807) is 36.4 Å². The fraction of sp³-hybridized carbons (Fsp3) is 0.350. The lowest BCUT2D eigenvalue weighted by Crippen LogP contribution is -2.50. The van der Waals surface area contributed by atoms with Crippen LogP contribution in [0.4, 0.5) is 5.69 Å². The molecule has 0 saturated carbocycles. The maximum Gasteiger partial charge on any atom is 0.263 e. The summed E-state index contributed by atoms with van der Waals surface area (Å²) in [5, 5.41) is 2.77. The lowest BCUT2D eigenvalue weighted by atomic mass is 10.1. The second kappa shape index (κ2) is 8.70. The Kier molecular flexibility index (Phi) is 6.25. The van der Waals surface area contributed by atoms with E-state index in [-0.39, 0.29) is 13.1 Å². The molecule has 10 heteroatoms. The molecule has 1 atom stereocenters. The number of nitrogens with one attached hydrogen (secondary N) is 1. The van der Waals surface area contributed by atoms with Crippen molar-refractivity contribution in [2.24, 2.45) is 0 Å². The summed E-state index contributed by atoms with van der Waals surface area (Å²) in [6.45, 7) is 0.00743. The molecule has 0 unspecified atom stereocenters. The molecule has 30 heavy (non-hydrogen) atoms. The zero-order valence-electron chi connectivity index (χ0n) is 17.2. The van der Waals surface area contributed by atoms with E-state index in [2.05, 4.69) is 5.32 Å². The van der Waals surface area contributed by atoms with Crippen molar-refractivity contribution in [3.05, 3.63) is 42.0 Å². The number of hydrogen-bond donors (Lipinski definition) is 1. The van der Waals surface area contributed by atoms with Gasteiger partial charge in [0.25, 0.3) is 5.91 Å². The molecule has 1 aliphatic heterocycles. The number of benzene rings is 2. The molecule has 1 heterocycles. The molecular formula is C20H24N2O7S. The molecule has 9 nitrogen and oxygen atoms in total. The van der Waals surface area contributed by atoms with Crippen molar-refractivity contribution in [1.29, 1.82) is 0 Å². The first-order valence-electron chi connectivity index (χ1n) is 9.09. The fourth-order valence-corrected chi connectivity index (χ4v) is 4.17. The van der Waals surface area contributed by atoms with Crippen molar-refractivity contribution in [2.45, 2.75) is 12.6 Å². The number of sulfonamides is 1. The van der Waals surface area contributed by atoms with Gasteiger partial charge in [-0.05, 0) is 24.3 Å². The molecule has 0 spiro atoms. The highest BCUT2D eigenvalue weighted by atomic mass is 32.2. The van der Waals surface area contributed by atoms with Gasteiger partial charge in [-0.25, -0.2) is 8.42 Å². The molecule has 0 fully saturated rings. The van der Waals surface area contributed by atoms with Gasteiger partial charge in [0.2, 0.25) is 15.8 Å². The average Bonchev–Trinajstić information content (AvgIpc) is 2.74. The minimum Gasteiger partial charge on any atom is -0.493 e. The molecule has 162 valence electrons. The molecule has 3 rings (SSSR count). The van der Waals surface area contributed by atoms with Gasteiger partial charge >= 0.3 is 0 Å². The highest BCUT2D eigenvalue weighted by Crippen LogP contribution is 2.40. The van der Waals surface area contributed by atoms with Crippen molar-refractivity contribution in [1.82, 2.24) is 5.32 Å². The molecule has 0 aliphatic carbocycles. The lowest BCUT2D eigenvalue weighted by Gasteiger charge is -2.33. The lowest BCUT2D eigenvalue weighted by molar-refractivity contribution is -0.127. The molecule has 0 bridgehead atoms. The first kappa shape index (κ1) is 21.6. The van der Waals surface area contributed by atoms with Crippen molar-refractivity contribution in [3.63, 3.8) is 0 Å². The van der Waals surface area contributed by atoms with Crippen LogP contribution in [0.15, 0.2) is 36.4 Å². The van der Waals surface area contributed by atoms with Crippen LogP contribution in [0.3, 0.4) is 0 Å². The highest BCUT2D eigenvalue weighted by molar-refractivity contribution is 7.92. The van der Waals surface area contributed by atoms with Crippen LogP contribution in [0.5, 0.6) is 23.0 Å². The van der Waals surface area contributed by atoms with Crippen LogP contribution in [0, 0.1) is 0 Å². The van der Waals surface area contributed by atoms with E-state index < -0.39 is 22.0 Å². The number of amides is 1. The number of methoxy groups -OCH3 is 3. The number of rotatable bonds is 7. The Morgan fingerprint density at radius 3 is 2.43 bits per heavy atom. The second-order valence-corrected chi connectivity index (χ2v) is 8.49. The Balaban J connectivity index is 1.79. The summed E-state index contributed by atoms with van der Waals surface area (Å²) in [4.78, 5) is 12.8. The SMILES string of the molecule is COc1ccc(CNC(=O)[C@H]2CN(S(C)(=O)=O)c3ccccc3O2)c(OC)c1OC. The summed E-state index contributed by atoms with van der Waals surface area (Å²) in [6, 6.07) is 10.2. The van der Waals surface area contributed by atoms with Crippen LogP contribution in [0.25, 0.3) is 0 Å². The van der Waals surface area contributed by atoms with Gasteiger partial charge in [-0.15, -0.1) is 0 Å². The van der Waals surface area contributed by atoms with E-state index >= 15 is 0 Å². The van der Waals surface area contributed by atoms with Crippen LogP contribution in [0.1, 0.15) is 5.56 Å². The summed E-state index contributed by atoms with van der Waals surface area (Å²) in [7, 11) is 0.931. The Bertz CT molecular complexity index is 1040. The predicted octanol–water partition coefficient (Wildman–Crippen LogP) is 1.56. The summed E-state index contributed by atoms with van der Waals surface area (Å²) >= 11 is 0. The number of carbonyl (C=O) groups is 1. The van der Waals surface area contributed by atoms with Crippen molar-refractivity contribution < 1.29 is 32.2 Å². The number of hydrogen-bond acceptors (Lipinski definition) is 7. The van der Waals surface area contributed by atoms with Gasteiger partial charge in [0, 0.05) is 12.1 Å². The van der Waals surface area contributed by atoms with E-state index in [0.717, 1.165) is 6.26 Å². The first-order chi connectivity index (χ1) is 14.3. The zero-order valence-corrected chi connectivity index (χ0v) is 18.0. The molecule has 1 amide bonds. The van der Waals surface area contributed by atoms with Gasteiger partial charge in [-0.2, -0.15) is 0 Å². The summed E-state index contributed by atoms with van der Waals surface area (Å²) in [5.74, 6) is 1.23. The minimum absolute atomic E-state index is 0.120. The fourth-order valence-electron chi connectivity index (χ4n) is 3.25. The van der Waals surface area contributed by atoms with Gasteiger partial charge in [-0.1, -0.05) is 12.1 Å². The third kappa shape index (κ3) is 4.23. The van der Waals surface area contributed by atoms with Gasteiger partial charge in [0.05, 0.1) is 39.8 Å². The standard InChI is InChI=1S/C20H24N2O7S/c1-26-16-10-9-13(18(27-2)19(16)28-3)11-21-20(23)17-12-22(30(4,24)25)14-7-5-6-8-15(14)29-17/h5-10,17H,11-12H2,1-4H3,(H,21,23)/t17-/m1/s1. The number of para-hydroxylation sites is 2. The smallest absolute Gasteiger partial charge is 0.263 e. The molecule has 2 aromatic rings. The predicted molar refractivity (Wildman–Crippen MR) is 111 cm³/mol. The van der Waals surface area contributed by atoms with E-state index in [1.165, 1.54) is 25.6 Å². The minimum atomic E-state index is -3.58. The molecule has 2 aromatic carbocycles. The zero-order chi connectivity index (χ0) is 21.9. The number of carbonyl (C=O) groups excluding carboxylic acids is 1. The Morgan fingerprint density at radius 1 is 1.10 bits per heavy atom. The molecular weight excluding hydrogens is 412 g/mol. The molecule has 0 aromatic heterocycles. The number of anilines is 1. The van der Waals surface area contributed by atoms with Crippen LogP contribution in [0.2, 0.25) is 0 Å². The van der Waals surface area contributed by atoms with Crippen LogP contribution >= 0.6 is 0 Å². The third-order valence-electron chi connectivity index (χ3n) is 4.67. The maximum atomic E-state index is 12.8. The van der Waals surface area contributed by atoms with Crippen molar-refractivity contribution >= 4 is 21.6 Å². The van der Waals surface area contributed by atoms with Gasteiger partial charge in [0.1, 0.15) is 5.75 Å². The molecule has 1 aliphatic rings. The molecule has 0 radical (unpaired) electrons. The third-order valence-corrected chi connectivity index (χ3v) is 5.81. The van der Waals surface area contributed by atoms with Gasteiger partial charge < -0.3 is 24.3 Å². The summed E-state index contributed by atoms with van der Waals surface area (Å²) in [5.41, 5.74) is 1.07. The molecule has 1 N–H and O–H groups in total. The maximum absolute atomic E-state index is 12.8. The summed E-state index contributed by atoms with van der Waals surface area (Å²) < 4.78 is 47.4. The Morgan fingerprint density at radius 2 is 1.80 bits per heavy atom. The number of nitrogens with zero attached hydrogens (tertiary/aromatic N) is 1. The van der Waals surface area contributed by atoms with Crippen molar-refractivity contribution in [2.75, 3.05) is 38.4 Å². The van der Waals surface area contributed by atoms with E-state index in [4.69, 9.17) is 18.9 Å². The van der Waals surface area contributed by atoms with E-state index in [0.29, 0.717) is 34.2 Å². The Hall–Kier alpha value is -3.14. The first-order valence-corrected chi connectivity index (χ1v) is 10.9. The molecule has 0 saturated heterocycles.